The number of H-pyrrole nitrogens is 1. The van der Waals surface area contributed by atoms with Crippen LogP contribution in [0.3, 0.4) is 0 Å². The van der Waals surface area contributed by atoms with Crippen molar-refractivity contribution in [3.8, 4) is 11.4 Å². The molecular weight excluding hydrogens is 411 g/mol. The minimum atomic E-state index is -0.700. The van der Waals surface area contributed by atoms with Crippen molar-refractivity contribution in [2.75, 3.05) is 18.0 Å². The van der Waals surface area contributed by atoms with Gasteiger partial charge in [-0.25, -0.2) is 14.4 Å². The number of nitrogens with zero attached hydrogens (tertiary/aromatic N) is 3. The van der Waals surface area contributed by atoms with Crippen LogP contribution in [0.4, 0.5) is 10.2 Å². The van der Waals surface area contributed by atoms with Crippen molar-refractivity contribution < 1.29 is 19.0 Å². The molecule has 8 heteroatoms. The molecular formula is C24H27FN4O3. The van der Waals surface area contributed by atoms with Gasteiger partial charge in [-0.2, -0.15) is 0 Å². The van der Waals surface area contributed by atoms with Crippen molar-refractivity contribution in [3.63, 3.8) is 0 Å². The van der Waals surface area contributed by atoms with Crippen LogP contribution >= 0.6 is 0 Å². The fourth-order valence-corrected chi connectivity index (χ4v) is 4.87. The topological polar surface area (TPSA) is 91.3 Å². The number of aliphatic carboxylic acids is 1. The first-order valence-electron chi connectivity index (χ1n) is 11.3. The second-order valence-electron chi connectivity index (χ2n) is 8.89. The van der Waals surface area contributed by atoms with E-state index in [0.29, 0.717) is 17.3 Å². The first-order valence-corrected chi connectivity index (χ1v) is 11.3. The maximum atomic E-state index is 13.4. The summed E-state index contributed by atoms with van der Waals surface area (Å²) in [6.45, 7) is 1.71. The van der Waals surface area contributed by atoms with Crippen LogP contribution in [0.2, 0.25) is 0 Å². The summed E-state index contributed by atoms with van der Waals surface area (Å²) in [5.74, 6) is 0.882. The number of benzene rings is 1. The number of nitrogens with one attached hydrogen (secondary N) is 1. The number of pyridine rings is 1. The van der Waals surface area contributed by atoms with Crippen molar-refractivity contribution in [1.29, 1.82) is 0 Å². The van der Waals surface area contributed by atoms with E-state index in [-0.39, 0.29) is 24.4 Å². The third-order valence-corrected chi connectivity index (χ3v) is 6.58. The van der Waals surface area contributed by atoms with Crippen LogP contribution in [0.1, 0.15) is 38.5 Å². The van der Waals surface area contributed by atoms with E-state index in [0.717, 1.165) is 62.1 Å². The molecule has 0 radical (unpaired) electrons. The summed E-state index contributed by atoms with van der Waals surface area (Å²) in [5, 5.41) is 8.96. The van der Waals surface area contributed by atoms with E-state index in [9.17, 15) is 9.18 Å². The number of rotatable bonds is 6. The van der Waals surface area contributed by atoms with Gasteiger partial charge in [0.2, 0.25) is 0 Å². The van der Waals surface area contributed by atoms with E-state index in [2.05, 4.69) is 19.9 Å². The SMILES string of the molecule is O=C(O)C[C@H]1CC[C@H](O[C@@H]2CCN(c3ccc(-c4nc5ccc(F)cc5[nH]4)cn3)C2)CC1. The van der Waals surface area contributed by atoms with Gasteiger partial charge in [-0.3, -0.25) is 4.79 Å². The van der Waals surface area contributed by atoms with Gasteiger partial charge in [0.15, 0.2) is 0 Å². The van der Waals surface area contributed by atoms with E-state index in [4.69, 9.17) is 9.84 Å². The Hall–Kier alpha value is -3.00. The van der Waals surface area contributed by atoms with Crippen LogP contribution < -0.4 is 4.90 Å². The lowest BCUT2D eigenvalue weighted by molar-refractivity contribution is -0.138. The maximum absolute atomic E-state index is 13.4. The molecule has 3 heterocycles. The Morgan fingerprint density at radius 1 is 1.16 bits per heavy atom. The molecule has 1 saturated heterocycles. The fraction of sp³-hybridized carbons (Fsp3) is 0.458. The Morgan fingerprint density at radius 2 is 2.00 bits per heavy atom. The number of aromatic amines is 1. The Bertz CT molecular complexity index is 1090. The third-order valence-electron chi connectivity index (χ3n) is 6.58. The molecule has 1 aromatic carbocycles. The summed E-state index contributed by atoms with van der Waals surface area (Å²) in [5.41, 5.74) is 2.25. The lowest BCUT2D eigenvalue weighted by Crippen LogP contribution is -2.30. The fourth-order valence-electron chi connectivity index (χ4n) is 4.87. The molecule has 1 aliphatic heterocycles. The number of hydrogen-bond donors (Lipinski definition) is 2. The second-order valence-corrected chi connectivity index (χ2v) is 8.89. The molecule has 0 spiro atoms. The van der Waals surface area contributed by atoms with Crippen LogP contribution in [0.5, 0.6) is 0 Å². The van der Waals surface area contributed by atoms with Crippen molar-refractivity contribution in [1.82, 2.24) is 15.0 Å². The van der Waals surface area contributed by atoms with Crippen molar-refractivity contribution in [2.24, 2.45) is 5.92 Å². The van der Waals surface area contributed by atoms with Crippen molar-refractivity contribution >= 4 is 22.8 Å². The first-order chi connectivity index (χ1) is 15.5. The molecule has 0 bridgehead atoms. The van der Waals surface area contributed by atoms with Gasteiger partial charge in [0.05, 0.1) is 23.2 Å². The van der Waals surface area contributed by atoms with Crippen LogP contribution in [0.25, 0.3) is 22.4 Å². The molecule has 2 N–H and O–H groups in total. The van der Waals surface area contributed by atoms with Gasteiger partial charge < -0.3 is 19.7 Å². The zero-order valence-electron chi connectivity index (χ0n) is 17.8. The molecule has 2 aliphatic rings. The molecule has 2 fully saturated rings. The van der Waals surface area contributed by atoms with Gasteiger partial charge >= 0.3 is 5.97 Å². The average Bonchev–Trinajstić information content (AvgIpc) is 3.42. The van der Waals surface area contributed by atoms with E-state index in [1.165, 1.54) is 12.1 Å². The minimum Gasteiger partial charge on any atom is -0.481 e. The number of aromatic nitrogens is 3. The summed E-state index contributed by atoms with van der Waals surface area (Å²) < 4.78 is 19.8. The number of carbonyl (C=O) groups is 1. The molecule has 1 saturated carbocycles. The molecule has 0 amide bonds. The number of imidazole rings is 1. The quantitative estimate of drug-likeness (QED) is 0.593. The van der Waals surface area contributed by atoms with Gasteiger partial charge in [-0.15, -0.1) is 0 Å². The Labute approximate surface area is 185 Å². The summed E-state index contributed by atoms with van der Waals surface area (Å²) >= 11 is 0. The number of carboxylic acid groups (broad SMARTS) is 1. The maximum Gasteiger partial charge on any atom is 0.303 e. The first kappa shape index (κ1) is 20.9. The van der Waals surface area contributed by atoms with Gasteiger partial charge in [-0.05, 0) is 68.4 Å². The number of halogens is 1. The molecule has 32 heavy (non-hydrogen) atoms. The zero-order valence-corrected chi connectivity index (χ0v) is 17.8. The monoisotopic (exact) mass is 438 g/mol. The van der Waals surface area contributed by atoms with E-state index in [1.54, 1.807) is 12.3 Å². The molecule has 3 aromatic rings. The van der Waals surface area contributed by atoms with E-state index in [1.807, 2.05) is 12.1 Å². The van der Waals surface area contributed by atoms with Crippen LogP contribution in [-0.4, -0.2) is 51.3 Å². The zero-order chi connectivity index (χ0) is 22.1. The molecule has 2 aromatic heterocycles. The molecule has 5 rings (SSSR count). The van der Waals surface area contributed by atoms with E-state index < -0.39 is 5.97 Å². The molecule has 7 nitrogen and oxygen atoms in total. The summed E-state index contributed by atoms with van der Waals surface area (Å²) in [6.07, 6.45) is 7.22. The van der Waals surface area contributed by atoms with Crippen molar-refractivity contribution in [2.45, 2.75) is 50.7 Å². The van der Waals surface area contributed by atoms with Gasteiger partial charge in [0.1, 0.15) is 17.5 Å². The normalized spacial score (nSPS) is 23.7. The van der Waals surface area contributed by atoms with Gasteiger partial charge in [0, 0.05) is 31.3 Å². The lowest BCUT2D eigenvalue weighted by atomic mass is 9.85. The number of hydrogen-bond acceptors (Lipinski definition) is 5. The highest BCUT2D eigenvalue weighted by atomic mass is 19.1. The Kier molecular flexibility index (Phi) is 5.78. The highest BCUT2D eigenvalue weighted by Gasteiger charge is 2.29. The molecule has 0 unspecified atom stereocenters. The smallest absolute Gasteiger partial charge is 0.303 e. The predicted molar refractivity (Wildman–Crippen MR) is 119 cm³/mol. The third kappa shape index (κ3) is 4.60. The predicted octanol–water partition coefficient (Wildman–Crippen LogP) is 4.39. The molecule has 1 atom stereocenters. The average molecular weight is 439 g/mol. The second kappa shape index (κ2) is 8.86. The van der Waals surface area contributed by atoms with Gasteiger partial charge in [0.25, 0.3) is 0 Å². The number of fused-ring (bicyclic) bond motifs is 1. The summed E-state index contributed by atoms with van der Waals surface area (Å²) in [7, 11) is 0. The van der Waals surface area contributed by atoms with Gasteiger partial charge in [-0.1, -0.05) is 0 Å². The van der Waals surface area contributed by atoms with Crippen LogP contribution in [-0.2, 0) is 9.53 Å². The highest BCUT2D eigenvalue weighted by molar-refractivity contribution is 5.79. The minimum absolute atomic E-state index is 0.183. The van der Waals surface area contributed by atoms with Crippen LogP contribution in [0.15, 0.2) is 36.5 Å². The number of ether oxygens (including phenoxy) is 1. The number of carboxylic acids is 1. The summed E-state index contributed by atoms with van der Waals surface area (Å²) in [4.78, 5) is 25.4. The van der Waals surface area contributed by atoms with Crippen LogP contribution in [0, 0.1) is 11.7 Å². The number of anilines is 1. The molecule has 168 valence electrons. The Balaban J connectivity index is 1.16. The van der Waals surface area contributed by atoms with Crippen molar-refractivity contribution in [3.05, 3.63) is 42.3 Å². The van der Waals surface area contributed by atoms with E-state index >= 15 is 0 Å². The largest absolute Gasteiger partial charge is 0.481 e. The summed E-state index contributed by atoms with van der Waals surface area (Å²) in [6, 6.07) is 8.48. The highest BCUT2D eigenvalue weighted by Crippen LogP contribution is 2.31. The standard InChI is InChI=1S/C24H27FN4O3/c25-17-4-7-20-21(12-17)28-24(27-20)16-3-8-22(26-13-16)29-10-9-19(14-29)32-18-5-1-15(2-6-18)11-23(30)31/h3-4,7-8,12-13,15,18-19H,1-2,5-6,9-11,14H2,(H,27,28)(H,30,31)/t15-,18-,19-/m1/s1. The Morgan fingerprint density at radius 3 is 2.75 bits per heavy atom. The lowest BCUT2D eigenvalue weighted by Gasteiger charge is -2.29. The molecule has 1 aliphatic carbocycles.